The predicted molar refractivity (Wildman–Crippen MR) is 62.3 cm³/mol. The molecule has 14 heavy (non-hydrogen) atoms. The van der Waals surface area contributed by atoms with Gasteiger partial charge in [-0.15, -0.1) is 0 Å². The number of hydrogen-bond acceptors (Lipinski definition) is 0. The van der Waals surface area contributed by atoms with Crippen LogP contribution in [0.1, 0.15) is 36.0 Å². The molecule has 75 valence electrons. The van der Waals surface area contributed by atoms with Crippen LogP contribution in [0.5, 0.6) is 0 Å². The largest absolute Gasteiger partial charge is 0.0845 e. The van der Waals surface area contributed by atoms with Crippen LogP contribution in [0, 0.1) is 20.4 Å². The molecule has 0 spiro atoms. The highest BCUT2D eigenvalue weighted by Gasteiger charge is 1.96. The van der Waals surface area contributed by atoms with Gasteiger partial charge in [0.15, 0.2) is 0 Å². The van der Waals surface area contributed by atoms with Crippen molar-refractivity contribution in [3.8, 4) is 0 Å². The van der Waals surface area contributed by atoms with Gasteiger partial charge < -0.3 is 0 Å². The minimum atomic E-state index is 1.03. The van der Waals surface area contributed by atoms with Crippen molar-refractivity contribution in [3.63, 3.8) is 0 Å². The van der Waals surface area contributed by atoms with Crippen LogP contribution in [0.2, 0.25) is 0 Å². The first-order valence-electron chi connectivity index (χ1n) is 5.33. The van der Waals surface area contributed by atoms with E-state index in [-0.39, 0.29) is 0 Å². The number of hydrogen-bond donors (Lipinski definition) is 0. The van der Waals surface area contributed by atoms with E-state index in [4.69, 9.17) is 6.58 Å². The molecule has 0 amide bonds. The van der Waals surface area contributed by atoms with E-state index >= 15 is 0 Å². The molecule has 1 aromatic rings. The summed E-state index contributed by atoms with van der Waals surface area (Å²) in [5, 5.41) is 0. The molecule has 0 aliphatic heterocycles. The molecular weight excluding hydrogens is 168 g/mol. The van der Waals surface area contributed by atoms with Gasteiger partial charge in [0.1, 0.15) is 0 Å². The first-order chi connectivity index (χ1) is 6.74. The minimum Gasteiger partial charge on any atom is -0.0845 e. The summed E-state index contributed by atoms with van der Waals surface area (Å²) in [5.74, 6) is 0. The SMILES string of the molecule is [CH]=CCCCCc1ccc(C)c(C)c1. The smallest absolute Gasteiger partial charge is 0.0279 e. The minimum absolute atomic E-state index is 1.03. The Kier molecular flexibility index (Phi) is 4.45. The highest BCUT2D eigenvalue weighted by molar-refractivity contribution is 5.29. The fourth-order valence-electron chi connectivity index (χ4n) is 1.55. The molecule has 0 atom stereocenters. The molecule has 0 heteroatoms. The van der Waals surface area contributed by atoms with Gasteiger partial charge in [-0.05, 0) is 56.2 Å². The average molecular weight is 187 g/mol. The second-order valence-electron chi connectivity index (χ2n) is 3.90. The Morgan fingerprint density at radius 2 is 1.93 bits per heavy atom. The van der Waals surface area contributed by atoms with E-state index in [1.807, 2.05) is 0 Å². The molecule has 0 aliphatic carbocycles. The first-order valence-corrected chi connectivity index (χ1v) is 5.33. The lowest BCUT2D eigenvalue weighted by Crippen LogP contribution is -1.88. The maximum absolute atomic E-state index is 5.33. The zero-order chi connectivity index (χ0) is 10.4. The Bertz CT molecular complexity index is 297. The Balaban J connectivity index is 2.43. The van der Waals surface area contributed by atoms with Gasteiger partial charge in [-0.1, -0.05) is 30.9 Å². The molecule has 1 radical (unpaired) electrons. The van der Waals surface area contributed by atoms with Crippen LogP contribution in [0.3, 0.4) is 0 Å². The molecule has 0 saturated heterocycles. The lowest BCUT2D eigenvalue weighted by molar-refractivity contribution is 0.747. The van der Waals surface area contributed by atoms with E-state index in [0.717, 1.165) is 6.42 Å². The molecule has 0 bridgehead atoms. The third-order valence-electron chi connectivity index (χ3n) is 2.66. The Labute approximate surface area is 87.7 Å². The molecule has 1 rings (SSSR count). The van der Waals surface area contributed by atoms with Gasteiger partial charge in [-0.2, -0.15) is 0 Å². The van der Waals surface area contributed by atoms with E-state index in [1.54, 1.807) is 6.08 Å². The molecule has 0 nitrogen and oxygen atoms in total. The van der Waals surface area contributed by atoms with Crippen molar-refractivity contribution >= 4 is 0 Å². The molecule has 0 aliphatic rings. The summed E-state index contributed by atoms with van der Waals surface area (Å²) in [6, 6.07) is 6.73. The summed E-state index contributed by atoms with van der Waals surface area (Å²) in [7, 11) is 0. The van der Waals surface area contributed by atoms with Gasteiger partial charge >= 0.3 is 0 Å². The molecular formula is C14H19. The highest BCUT2D eigenvalue weighted by atomic mass is 14.0. The van der Waals surface area contributed by atoms with Crippen LogP contribution in [0.15, 0.2) is 24.3 Å². The third kappa shape index (κ3) is 3.37. The molecule has 0 saturated carbocycles. The zero-order valence-electron chi connectivity index (χ0n) is 9.22. The second kappa shape index (κ2) is 5.64. The van der Waals surface area contributed by atoms with Crippen molar-refractivity contribution in [3.05, 3.63) is 47.5 Å². The average Bonchev–Trinajstić information content (AvgIpc) is 2.18. The quantitative estimate of drug-likeness (QED) is 0.611. The van der Waals surface area contributed by atoms with Crippen LogP contribution < -0.4 is 0 Å². The van der Waals surface area contributed by atoms with Crippen LogP contribution >= 0.6 is 0 Å². The van der Waals surface area contributed by atoms with E-state index in [2.05, 4.69) is 32.0 Å². The summed E-state index contributed by atoms with van der Waals surface area (Å²) in [6.07, 6.45) is 6.39. The number of aryl methyl sites for hydroxylation is 3. The lowest BCUT2D eigenvalue weighted by Gasteiger charge is -2.04. The van der Waals surface area contributed by atoms with Crippen molar-refractivity contribution in [1.82, 2.24) is 0 Å². The number of unbranched alkanes of at least 4 members (excludes halogenated alkanes) is 2. The Hall–Kier alpha value is -1.04. The first kappa shape index (κ1) is 11.0. The maximum atomic E-state index is 5.33. The topological polar surface area (TPSA) is 0 Å². The van der Waals surface area contributed by atoms with Crippen LogP contribution in [0.25, 0.3) is 0 Å². The van der Waals surface area contributed by atoms with E-state index < -0.39 is 0 Å². The summed E-state index contributed by atoms with van der Waals surface area (Å²) >= 11 is 0. The predicted octanol–water partition coefficient (Wildman–Crippen LogP) is 4.01. The lowest BCUT2D eigenvalue weighted by atomic mass is 10.0. The normalized spacial score (nSPS) is 10.1. The summed E-state index contributed by atoms with van der Waals surface area (Å²) in [6.45, 7) is 9.66. The monoisotopic (exact) mass is 187 g/mol. The second-order valence-corrected chi connectivity index (χ2v) is 3.90. The van der Waals surface area contributed by atoms with Crippen LogP contribution in [-0.4, -0.2) is 0 Å². The molecule has 0 N–H and O–H groups in total. The zero-order valence-corrected chi connectivity index (χ0v) is 9.22. The molecule has 0 unspecified atom stereocenters. The van der Waals surface area contributed by atoms with Crippen molar-refractivity contribution in [2.24, 2.45) is 0 Å². The third-order valence-corrected chi connectivity index (χ3v) is 2.66. The van der Waals surface area contributed by atoms with Crippen molar-refractivity contribution in [2.45, 2.75) is 39.5 Å². The number of rotatable bonds is 5. The van der Waals surface area contributed by atoms with E-state index in [1.165, 1.54) is 36.0 Å². The Morgan fingerprint density at radius 3 is 2.57 bits per heavy atom. The standard InChI is InChI=1S/C14H19/c1-4-5-6-7-8-14-10-9-12(2)13(3)11-14/h1,4,9-11H,5-8H2,2-3H3. The number of benzene rings is 1. The van der Waals surface area contributed by atoms with Crippen LogP contribution in [0.4, 0.5) is 0 Å². The van der Waals surface area contributed by atoms with Crippen molar-refractivity contribution < 1.29 is 0 Å². The van der Waals surface area contributed by atoms with Gasteiger partial charge in [0.05, 0.1) is 0 Å². The summed E-state index contributed by atoms with van der Waals surface area (Å²) < 4.78 is 0. The molecule has 1 aromatic carbocycles. The molecule has 0 fully saturated rings. The van der Waals surface area contributed by atoms with E-state index in [0.29, 0.717) is 0 Å². The fraction of sp³-hybridized carbons (Fsp3) is 0.429. The van der Waals surface area contributed by atoms with Gasteiger partial charge in [0, 0.05) is 0 Å². The van der Waals surface area contributed by atoms with Gasteiger partial charge in [-0.25, -0.2) is 0 Å². The highest BCUT2D eigenvalue weighted by Crippen LogP contribution is 2.12. The van der Waals surface area contributed by atoms with E-state index in [9.17, 15) is 0 Å². The summed E-state index contributed by atoms with van der Waals surface area (Å²) in [5.41, 5.74) is 4.22. The molecule has 0 heterocycles. The fourth-order valence-corrected chi connectivity index (χ4v) is 1.55. The van der Waals surface area contributed by atoms with Crippen molar-refractivity contribution in [2.75, 3.05) is 0 Å². The van der Waals surface area contributed by atoms with Gasteiger partial charge in [0.2, 0.25) is 0 Å². The van der Waals surface area contributed by atoms with Gasteiger partial charge in [-0.3, -0.25) is 0 Å². The van der Waals surface area contributed by atoms with Gasteiger partial charge in [0.25, 0.3) is 0 Å². The van der Waals surface area contributed by atoms with Crippen molar-refractivity contribution in [1.29, 1.82) is 0 Å². The summed E-state index contributed by atoms with van der Waals surface area (Å²) in [4.78, 5) is 0. The number of allylic oxidation sites excluding steroid dienone is 1. The Morgan fingerprint density at radius 1 is 1.14 bits per heavy atom. The molecule has 0 aromatic heterocycles. The van der Waals surface area contributed by atoms with Crippen LogP contribution in [-0.2, 0) is 6.42 Å². The maximum Gasteiger partial charge on any atom is -0.0279 e.